The van der Waals surface area contributed by atoms with Gasteiger partial charge in [0.25, 0.3) is 0 Å². The van der Waals surface area contributed by atoms with Gasteiger partial charge in [0.1, 0.15) is 17.4 Å². The lowest BCUT2D eigenvalue weighted by atomic mass is 10.0. The number of rotatable bonds is 1. The van der Waals surface area contributed by atoms with Crippen LogP contribution in [0.2, 0.25) is 0 Å². The van der Waals surface area contributed by atoms with Gasteiger partial charge in [-0.2, -0.15) is 0 Å². The highest BCUT2D eigenvalue weighted by Crippen LogP contribution is 2.35. The number of benzene rings is 2. The lowest BCUT2D eigenvalue weighted by Gasteiger charge is -2.16. The van der Waals surface area contributed by atoms with Crippen molar-refractivity contribution in [2.24, 2.45) is 0 Å². The summed E-state index contributed by atoms with van der Waals surface area (Å²) in [5.41, 5.74) is 1.27. The van der Waals surface area contributed by atoms with Crippen LogP contribution in [0, 0.1) is 11.6 Å². The fourth-order valence-corrected chi connectivity index (χ4v) is 2.81. The fourth-order valence-electron chi connectivity index (χ4n) is 2.81. The van der Waals surface area contributed by atoms with Crippen molar-refractivity contribution >= 4 is 5.78 Å². The second kappa shape index (κ2) is 5.05. The van der Waals surface area contributed by atoms with Crippen molar-refractivity contribution in [3.63, 3.8) is 0 Å². The fraction of sp³-hybridized carbons (Fsp3) is 0.0556. The standard InChI is InChI=1S/C18H11F2NO2/c19-12-8-11(9-13(20)10-12)18-17(22)15-5-3-7-21(15)14-4-1-2-6-16(14)23-18/h1-10,18H. The SMILES string of the molecule is O=C1c2cccn2-c2ccccc2OC1c1cc(F)cc(F)c1. The van der Waals surface area contributed by atoms with Gasteiger partial charge in [-0.3, -0.25) is 4.79 Å². The molecule has 1 aromatic heterocycles. The Morgan fingerprint density at radius 2 is 1.70 bits per heavy atom. The number of ether oxygens (including phenoxy) is 1. The number of hydrogen-bond acceptors (Lipinski definition) is 2. The molecule has 1 aliphatic heterocycles. The minimum absolute atomic E-state index is 0.150. The molecular formula is C18H11F2NO2. The first-order valence-electron chi connectivity index (χ1n) is 7.07. The van der Waals surface area contributed by atoms with Crippen molar-refractivity contribution in [3.05, 3.63) is 83.7 Å². The van der Waals surface area contributed by atoms with E-state index in [0.717, 1.165) is 18.2 Å². The van der Waals surface area contributed by atoms with E-state index in [0.29, 0.717) is 17.1 Å². The van der Waals surface area contributed by atoms with Gasteiger partial charge in [-0.1, -0.05) is 12.1 Å². The van der Waals surface area contributed by atoms with Crippen molar-refractivity contribution in [1.82, 2.24) is 4.57 Å². The van der Waals surface area contributed by atoms with E-state index in [-0.39, 0.29) is 11.3 Å². The molecule has 0 bridgehead atoms. The highest BCUT2D eigenvalue weighted by molar-refractivity contribution is 6.00. The third kappa shape index (κ3) is 2.21. The predicted octanol–water partition coefficient (Wildman–Crippen LogP) is 4.07. The Morgan fingerprint density at radius 1 is 0.957 bits per heavy atom. The van der Waals surface area contributed by atoms with Crippen molar-refractivity contribution < 1.29 is 18.3 Å². The molecule has 1 atom stereocenters. The Kier molecular flexibility index (Phi) is 3.01. The van der Waals surface area contributed by atoms with E-state index in [9.17, 15) is 13.6 Å². The molecule has 0 N–H and O–H groups in total. The summed E-state index contributed by atoms with van der Waals surface area (Å²) in [6.45, 7) is 0. The molecule has 2 heterocycles. The van der Waals surface area contributed by atoms with E-state index < -0.39 is 17.7 Å². The van der Waals surface area contributed by atoms with Crippen LogP contribution in [-0.4, -0.2) is 10.4 Å². The molecule has 114 valence electrons. The average molecular weight is 311 g/mol. The lowest BCUT2D eigenvalue weighted by molar-refractivity contribution is 0.0795. The zero-order chi connectivity index (χ0) is 16.0. The zero-order valence-corrected chi connectivity index (χ0v) is 11.9. The molecule has 3 aromatic rings. The molecular weight excluding hydrogens is 300 g/mol. The van der Waals surface area contributed by atoms with Crippen molar-refractivity contribution in [2.75, 3.05) is 0 Å². The van der Waals surface area contributed by atoms with E-state index in [4.69, 9.17) is 4.74 Å². The topological polar surface area (TPSA) is 31.2 Å². The van der Waals surface area contributed by atoms with E-state index in [1.54, 1.807) is 35.0 Å². The first-order valence-corrected chi connectivity index (χ1v) is 7.07. The van der Waals surface area contributed by atoms with Gasteiger partial charge >= 0.3 is 0 Å². The number of para-hydroxylation sites is 2. The van der Waals surface area contributed by atoms with Gasteiger partial charge in [0.2, 0.25) is 5.78 Å². The van der Waals surface area contributed by atoms with Gasteiger partial charge in [-0.05, 0) is 36.4 Å². The number of fused-ring (bicyclic) bond motifs is 3. The van der Waals surface area contributed by atoms with Crippen LogP contribution in [0.4, 0.5) is 8.78 Å². The predicted molar refractivity (Wildman–Crippen MR) is 79.8 cm³/mol. The summed E-state index contributed by atoms with van der Waals surface area (Å²) in [5, 5.41) is 0. The molecule has 23 heavy (non-hydrogen) atoms. The number of aromatic nitrogens is 1. The number of nitrogens with zero attached hydrogens (tertiary/aromatic N) is 1. The highest BCUT2D eigenvalue weighted by atomic mass is 19.1. The van der Waals surface area contributed by atoms with Gasteiger partial charge in [0.05, 0.1) is 11.4 Å². The summed E-state index contributed by atoms with van der Waals surface area (Å²) < 4.78 is 34.6. The molecule has 0 saturated heterocycles. The second-order valence-electron chi connectivity index (χ2n) is 5.30. The summed E-state index contributed by atoms with van der Waals surface area (Å²) in [6.07, 6.45) is 0.654. The number of carbonyl (C=O) groups excluding carboxylic acids is 1. The largest absolute Gasteiger partial charge is 0.475 e. The third-order valence-corrected chi connectivity index (χ3v) is 3.80. The summed E-state index contributed by atoms with van der Waals surface area (Å²) >= 11 is 0. The van der Waals surface area contributed by atoms with Crippen molar-refractivity contribution in [2.45, 2.75) is 6.10 Å². The first kappa shape index (κ1) is 13.7. The Hall–Kier alpha value is -2.95. The van der Waals surface area contributed by atoms with Crippen LogP contribution in [0.5, 0.6) is 5.75 Å². The zero-order valence-electron chi connectivity index (χ0n) is 11.9. The first-order chi connectivity index (χ1) is 11.1. The van der Waals surface area contributed by atoms with E-state index in [1.165, 1.54) is 0 Å². The summed E-state index contributed by atoms with van der Waals surface area (Å²) in [7, 11) is 0. The average Bonchev–Trinajstić information content (AvgIpc) is 2.97. The number of Topliss-reactive ketones (excluding diaryl/α,β-unsaturated/α-hetero) is 1. The van der Waals surface area contributed by atoms with E-state index in [1.807, 2.05) is 12.1 Å². The molecule has 0 amide bonds. The monoisotopic (exact) mass is 311 g/mol. The van der Waals surface area contributed by atoms with Crippen LogP contribution in [0.25, 0.3) is 5.69 Å². The number of hydrogen-bond donors (Lipinski definition) is 0. The van der Waals surface area contributed by atoms with Crippen molar-refractivity contribution in [3.8, 4) is 11.4 Å². The number of ketones is 1. The Bertz CT molecular complexity index is 897. The molecule has 2 aromatic carbocycles. The molecule has 0 saturated carbocycles. The minimum atomic E-state index is -1.10. The molecule has 1 aliphatic rings. The highest BCUT2D eigenvalue weighted by Gasteiger charge is 2.31. The third-order valence-electron chi connectivity index (χ3n) is 3.80. The number of halogens is 2. The van der Waals surface area contributed by atoms with Gasteiger partial charge in [0, 0.05) is 17.8 Å². The van der Waals surface area contributed by atoms with Crippen LogP contribution in [0.15, 0.2) is 60.8 Å². The molecule has 5 heteroatoms. The summed E-state index contributed by atoms with van der Waals surface area (Å²) in [4.78, 5) is 12.8. The molecule has 0 aliphatic carbocycles. The van der Waals surface area contributed by atoms with E-state index >= 15 is 0 Å². The molecule has 4 rings (SSSR count). The Labute approximate surface area is 130 Å². The summed E-state index contributed by atoms with van der Waals surface area (Å²) in [6, 6.07) is 13.6. The minimum Gasteiger partial charge on any atom is -0.475 e. The molecule has 0 spiro atoms. The van der Waals surface area contributed by atoms with Crippen LogP contribution in [0.1, 0.15) is 22.2 Å². The second-order valence-corrected chi connectivity index (χ2v) is 5.30. The molecule has 0 fully saturated rings. The van der Waals surface area contributed by atoms with Gasteiger partial charge in [-0.15, -0.1) is 0 Å². The smallest absolute Gasteiger partial charge is 0.224 e. The quantitative estimate of drug-likeness (QED) is 0.678. The maximum Gasteiger partial charge on any atom is 0.224 e. The molecule has 3 nitrogen and oxygen atoms in total. The molecule has 0 radical (unpaired) electrons. The van der Waals surface area contributed by atoms with Crippen molar-refractivity contribution in [1.29, 1.82) is 0 Å². The van der Waals surface area contributed by atoms with Crippen LogP contribution in [-0.2, 0) is 0 Å². The van der Waals surface area contributed by atoms with Crippen LogP contribution < -0.4 is 4.74 Å². The van der Waals surface area contributed by atoms with Crippen LogP contribution in [0.3, 0.4) is 0 Å². The lowest BCUT2D eigenvalue weighted by Crippen LogP contribution is -2.19. The maximum absolute atomic E-state index is 13.5. The Morgan fingerprint density at radius 3 is 2.48 bits per heavy atom. The maximum atomic E-state index is 13.5. The number of carbonyl (C=O) groups is 1. The Balaban J connectivity index is 1.92. The molecule has 1 unspecified atom stereocenters. The van der Waals surface area contributed by atoms with E-state index in [2.05, 4.69) is 0 Å². The van der Waals surface area contributed by atoms with Gasteiger partial charge in [0.15, 0.2) is 6.10 Å². The van der Waals surface area contributed by atoms with Gasteiger partial charge < -0.3 is 9.30 Å². The van der Waals surface area contributed by atoms with Crippen LogP contribution >= 0.6 is 0 Å². The summed E-state index contributed by atoms with van der Waals surface area (Å²) in [5.74, 6) is -1.37. The van der Waals surface area contributed by atoms with Gasteiger partial charge in [-0.25, -0.2) is 8.78 Å². The normalized spacial score (nSPS) is 16.3.